The summed E-state index contributed by atoms with van der Waals surface area (Å²) >= 11 is 0. The number of unbranched alkanes of at least 4 members (excludes halogenated alkanes) is 1. The SMILES string of the molecule is CCCCC(C)Nc1ccc(N)c(N)c1. The average Bonchev–Trinajstić information content (AvgIpc) is 2.20. The molecule has 0 fully saturated rings. The minimum atomic E-state index is 0.480. The number of nitrogens with two attached hydrogens (primary N) is 2. The van der Waals surface area contributed by atoms with Crippen LogP contribution in [0.2, 0.25) is 0 Å². The molecular formula is C12H21N3. The molecule has 3 nitrogen and oxygen atoms in total. The Morgan fingerprint density at radius 2 is 2.00 bits per heavy atom. The van der Waals surface area contributed by atoms with Crippen LogP contribution in [0.5, 0.6) is 0 Å². The summed E-state index contributed by atoms with van der Waals surface area (Å²) in [6.07, 6.45) is 3.66. The van der Waals surface area contributed by atoms with E-state index in [1.54, 1.807) is 0 Å². The van der Waals surface area contributed by atoms with Crippen molar-refractivity contribution in [2.45, 2.75) is 39.2 Å². The van der Waals surface area contributed by atoms with Crippen LogP contribution < -0.4 is 16.8 Å². The van der Waals surface area contributed by atoms with E-state index in [1.807, 2.05) is 18.2 Å². The topological polar surface area (TPSA) is 64.1 Å². The van der Waals surface area contributed by atoms with Gasteiger partial charge >= 0.3 is 0 Å². The van der Waals surface area contributed by atoms with Gasteiger partial charge in [0.1, 0.15) is 0 Å². The molecule has 0 spiro atoms. The molecule has 15 heavy (non-hydrogen) atoms. The Morgan fingerprint density at radius 3 is 2.60 bits per heavy atom. The minimum Gasteiger partial charge on any atom is -0.397 e. The van der Waals surface area contributed by atoms with Gasteiger partial charge in [0, 0.05) is 11.7 Å². The molecule has 1 unspecified atom stereocenters. The highest BCUT2D eigenvalue weighted by Gasteiger charge is 2.02. The maximum atomic E-state index is 5.73. The summed E-state index contributed by atoms with van der Waals surface area (Å²) in [5, 5.41) is 3.41. The summed E-state index contributed by atoms with van der Waals surface area (Å²) < 4.78 is 0. The van der Waals surface area contributed by atoms with E-state index in [9.17, 15) is 0 Å². The molecule has 0 heterocycles. The van der Waals surface area contributed by atoms with Crippen LogP contribution >= 0.6 is 0 Å². The Morgan fingerprint density at radius 1 is 1.27 bits per heavy atom. The normalized spacial score (nSPS) is 12.4. The van der Waals surface area contributed by atoms with Crippen molar-refractivity contribution in [1.29, 1.82) is 0 Å². The zero-order chi connectivity index (χ0) is 11.3. The average molecular weight is 207 g/mol. The lowest BCUT2D eigenvalue weighted by molar-refractivity contribution is 0.645. The van der Waals surface area contributed by atoms with Crippen molar-refractivity contribution in [1.82, 2.24) is 0 Å². The van der Waals surface area contributed by atoms with Gasteiger partial charge in [-0.1, -0.05) is 19.8 Å². The molecule has 0 aliphatic carbocycles. The fourth-order valence-electron chi connectivity index (χ4n) is 1.53. The molecule has 0 aliphatic rings. The Hall–Kier alpha value is -1.38. The Kier molecular flexibility index (Phi) is 4.28. The van der Waals surface area contributed by atoms with E-state index in [0.29, 0.717) is 17.4 Å². The first kappa shape index (κ1) is 11.7. The van der Waals surface area contributed by atoms with Crippen LogP contribution in [0.3, 0.4) is 0 Å². The Balaban J connectivity index is 2.53. The minimum absolute atomic E-state index is 0.480. The number of benzene rings is 1. The van der Waals surface area contributed by atoms with Crippen molar-refractivity contribution >= 4 is 17.1 Å². The first-order valence-electron chi connectivity index (χ1n) is 5.55. The molecule has 1 rings (SSSR count). The second kappa shape index (κ2) is 5.49. The molecule has 0 aliphatic heterocycles. The third-order valence-electron chi connectivity index (χ3n) is 2.49. The van der Waals surface area contributed by atoms with Gasteiger partial charge in [-0.3, -0.25) is 0 Å². The Bertz CT molecular complexity index is 310. The van der Waals surface area contributed by atoms with Crippen LogP contribution in [-0.4, -0.2) is 6.04 Å². The third kappa shape index (κ3) is 3.70. The van der Waals surface area contributed by atoms with Crippen molar-refractivity contribution in [2.24, 2.45) is 0 Å². The van der Waals surface area contributed by atoms with Crippen LogP contribution in [0.25, 0.3) is 0 Å². The summed E-state index contributed by atoms with van der Waals surface area (Å²) in [6, 6.07) is 6.17. The van der Waals surface area contributed by atoms with Gasteiger partial charge in [-0.05, 0) is 31.5 Å². The lowest BCUT2D eigenvalue weighted by Crippen LogP contribution is -2.14. The van der Waals surface area contributed by atoms with Crippen LogP contribution in [-0.2, 0) is 0 Å². The molecule has 1 aromatic rings. The number of hydrogen-bond donors (Lipinski definition) is 3. The smallest absolute Gasteiger partial charge is 0.0568 e. The second-order valence-corrected chi connectivity index (χ2v) is 4.03. The quantitative estimate of drug-likeness (QED) is 0.650. The van der Waals surface area contributed by atoms with Gasteiger partial charge in [0.25, 0.3) is 0 Å². The largest absolute Gasteiger partial charge is 0.397 e. The van der Waals surface area contributed by atoms with Crippen LogP contribution in [0, 0.1) is 0 Å². The molecule has 1 aromatic carbocycles. The number of hydrogen-bond acceptors (Lipinski definition) is 3. The molecular weight excluding hydrogens is 186 g/mol. The Labute approximate surface area is 91.9 Å². The van der Waals surface area contributed by atoms with E-state index in [-0.39, 0.29) is 0 Å². The summed E-state index contributed by atoms with van der Waals surface area (Å²) in [4.78, 5) is 0. The molecule has 0 amide bonds. The first-order valence-corrected chi connectivity index (χ1v) is 5.55. The third-order valence-corrected chi connectivity index (χ3v) is 2.49. The van der Waals surface area contributed by atoms with Gasteiger partial charge in [-0.15, -0.1) is 0 Å². The van der Waals surface area contributed by atoms with Crippen molar-refractivity contribution in [3.8, 4) is 0 Å². The van der Waals surface area contributed by atoms with E-state index < -0.39 is 0 Å². The highest BCUT2D eigenvalue weighted by molar-refractivity contribution is 5.69. The predicted molar refractivity (Wildman–Crippen MR) is 67.9 cm³/mol. The zero-order valence-electron chi connectivity index (χ0n) is 9.59. The van der Waals surface area contributed by atoms with Gasteiger partial charge in [0.2, 0.25) is 0 Å². The van der Waals surface area contributed by atoms with Gasteiger partial charge in [-0.25, -0.2) is 0 Å². The maximum absolute atomic E-state index is 5.73. The van der Waals surface area contributed by atoms with E-state index in [4.69, 9.17) is 11.5 Å². The fourth-order valence-corrected chi connectivity index (χ4v) is 1.53. The van der Waals surface area contributed by atoms with Crippen LogP contribution in [0.15, 0.2) is 18.2 Å². The number of anilines is 3. The highest BCUT2D eigenvalue weighted by Crippen LogP contribution is 2.20. The maximum Gasteiger partial charge on any atom is 0.0568 e. The first-order chi connectivity index (χ1) is 7.13. The standard InChI is InChI=1S/C12H21N3/c1-3-4-5-9(2)15-10-6-7-11(13)12(14)8-10/h6-9,15H,3-5,13-14H2,1-2H3. The molecule has 1 atom stereocenters. The van der Waals surface area contributed by atoms with Crippen molar-refractivity contribution < 1.29 is 0 Å². The lowest BCUT2D eigenvalue weighted by Gasteiger charge is -2.15. The summed E-state index contributed by atoms with van der Waals surface area (Å²) in [5.41, 5.74) is 13.7. The molecule has 0 aromatic heterocycles. The van der Waals surface area contributed by atoms with Crippen LogP contribution in [0.1, 0.15) is 33.1 Å². The zero-order valence-corrected chi connectivity index (χ0v) is 9.59. The van der Waals surface area contributed by atoms with Gasteiger partial charge in [0.05, 0.1) is 11.4 Å². The van der Waals surface area contributed by atoms with Crippen molar-refractivity contribution in [3.63, 3.8) is 0 Å². The molecule has 0 radical (unpaired) electrons. The highest BCUT2D eigenvalue weighted by atomic mass is 14.9. The van der Waals surface area contributed by atoms with E-state index in [0.717, 1.165) is 5.69 Å². The van der Waals surface area contributed by atoms with E-state index >= 15 is 0 Å². The molecule has 5 N–H and O–H groups in total. The molecule has 0 saturated carbocycles. The number of nitrogens with one attached hydrogen (secondary N) is 1. The number of rotatable bonds is 5. The second-order valence-electron chi connectivity index (χ2n) is 4.03. The van der Waals surface area contributed by atoms with Gasteiger partial charge in [-0.2, -0.15) is 0 Å². The molecule has 84 valence electrons. The van der Waals surface area contributed by atoms with E-state index in [2.05, 4.69) is 19.2 Å². The molecule has 3 heteroatoms. The van der Waals surface area contributed by atoms with Gasteiger partial charge in [0.15, 0.2) is 0 Å². The summed E-state index contributed by atoms with van der Waals surface area (Å²) in [6.45, 7) is 4.39. The van der Waals surface area contributed by atoms with Gasteiger partial charge < -0.3 is 16.8 Å². The van der Waals surface area contributed by atoms with Crippen molar-refractivity contribution in [2.75, 3.05) is 16.8 Å². The van der Waals surface area contributed by atoms with Crippen molar-refractivity contribution in [3.05, 3.63) is 18.2 Å². The fraction of sp³-hybridized carbons (Fsp3) is 0.500. The van der Waals surface area contributed by atoms with Crippen LogP contribution in [0.4, 0.5) is 17.1 Å². The number of nitrogen functional groups attached to an aromatic ring is 2. The monoisotopic (exact) mass is 207 g/mol. The summed E-state index contributed by atoms with van der Waals surface area (Å²) in [7, 11) is 0. The molecule has 0 saturated heterocycles. The lowest BCUT2D eigenvalue weighted by atomic mass is 10.1. The van der Waals surface area contributed by atoms with E-state index in [1.165, 1.54) is 19.3 Å². The predicted octanol–water partition coefficient (Wildman–Crippen LogP) is 2.84. The summed E-state index contributed by atoms with van der Waals surface area (Å²) in [5.74, 6) is 0. The molecule has 0 bridgehead atoms.